The minimum Gasteiger partial charge on any atom is -0.399 e. The van der Waals surface area contributed by atoms with E-state index in [4.69, 9.17) is 5.73 Å². The zero-order valence-corrected chi connectivity index (χ0v) is 10.9. The molecular weight excluding hydrogens is 264 g/mol. The lowest BCUT2D eigenvalue weighted by Gasteiger charge is -2.20. The van der Waals surface area contributed by atoms with Crippen LogP contribution >= 0.6 is 15.9 Å². The molecule has 2 rings (SSSR count). The summed E-state index contributed by atoms with van der Waals surface area (Å²) in [4.78, 5) is 2.45. The molecule has 0 heterocycles. The fourth-order valence-corrected chi connectivity index (χ4v) is 2.51. The van der Waals surface area contributed by atoms with Crippen molar-refractivity contribution in [3.8, 4) is 0 Å². The molecule has 0 saturated heterocycles. The van der Waals surface area contributed by atoms with Gasteiger partial charge in [0.25, 0.3) is 0 Å². The SMILES string of the molecule is C=CCN(Cc1cc(N)cc(Br)c1)C1CC1. The van der Waals surface area contributed by atoms with Crippen molar-refractivity contribution in [3.63, 3.8) is 0 Å². The van der Waals surface area contributed by atoms with Crippen LogP contribution in [0.15, 0.2) is 35.3 Å². The number of hydrogen-bond acceptors (Lipinski definition) is 2. The molecule has 0 radical (unpaired) electrons. The second-order valence-electron chi connectivity index (χ2n) is 4.34. The topological polar surface area (TPSA) is 29.3 Å². The summed E-state index contributed by atoms with van der Waals surface area (Å²) in [5.74, 6) is 0. The number of halogens is 1. The van der Waals surface area contributed by atoms with E-state index in [2.05, 4.69) is 33.5 Å². The minimum absolute atomic E-state index is 0.748. The second-order valence-corrected chi connectivity index (χ2v) is 5.26. The van der Waals surface area contributed by atoms with Gasteiger partial charge in [-0.25, -0.2) is 0 Å². The summed E-state index contributed by atoms with van der Waals surface area (Å²) in [6.07, 6.45) is 4.61. The molecule has 0 unspecified atom stereocenters. The third-order valence-electron chi connectivity index (χ3n) is 2.79. The molecule has 0 aromatic heterocycles. The zero-order chi connectivity index (χ0) is 11.5. The quantitative estimate of drug-likeness (QED) is 0.663. The smallest absolute Gasteiger partial charge is 0.0328 e. The Hall–Kier alpha value is -0.800. The molecule has 1 saturated carbocycles. The van der Waals surface area contributed by atoms with Gasteiger partial charge in [0.05, 0.1) is 0 Å². The summed E-state index contributed by atoms with van der Waals surface area (Å²) in [5.41, 5.74) is 7.91. The van der Waals surface area contributed by atoms with Crippen molar-refractivity contribution in [2.24, 2.45) is 0 Å². The Labute approximate surface area is 105 Å². The van der Waals surface area contributed by atoms with Crippen LogP contribution in [-0.4, -0.2) is 17.5 Å². The van der Waals surface area contributed by atoms with Gasteiger partial charge in [-0.2, -0.15) is 0 Å². The van der Waals surface area contributed by atoms with E-state index >= 15 is 0 Å². The lowest BCUT2D eigenvalue weighted by Crippen LogP contribution is -2.25. The average Bonchev–Trinajstić information content (AvgIpc) is 2.98. The van der Waals surface area contributed by atoms with Gasteiger partial charge in [-0.05, 0) is 36.6 Å². The first kappa shape index (κ1) is 11.7. The Balaban J connectivity index is 2.08. The van der Waals surface area contributed by atoms with Gasteiger partial charge >= 0.3 is 0 Å². The second kappa shape index (κ2) is 5.02. The first-order valence-corrected chi connectivity index (χ1v) is 6.38. The van der Waals surface area contributed by atoms with Gasteiger partial charge in [0.2, 0.25) is 0 Å². The number of rotatable bonds is 5. The Kier molecular flexibility index (Phi) is 3.66. The Bertz CT molecular complexity index is 365. The molecule has 1 aromatic carbocycles. The Morgan fingerprint density at radius 1 is 1.44 bits per heavy atom. The van der Waals surface area contributed by atoms with Crippen molar-refractivity contribution < 1.29 is 0 Å². The first-order chi connectivity index (χ1) is 7.69. The van der Waals surface area contributed by atoms with Crippen LogP contribution in [0, 0.1) is 0 Å². The molecule has 0 atom stereocenters. The molecule has 1 fully saturated rings. The van der Waals surface area contributed by atoms with Crippen molar-refractivity contribution in [2.75, 3.05) is 12.3 Å². The predicted octanol–water partition coefficient (Wildman–Crippen LogP) is 3.18. The van der Waals surface area contributed by atoms with Crippen LogP contribution in [0.5, 0.6) is 0 Å². The van der Waals surface area contributed by atoms with Gasteiger partial charge in [-0.1, -0.05) is 22.0 Å². The monoisotopic (exact) mass is 280 g/mol. The van der Waals surface area contributed by atoms with E-state index < -0.39 is 0 Å². The van der Waals surface area contributed by atoms with Crippen LogP contribution < -0.4 is 5.73 Å². The summed E-state index contributed by atoms with van der Waals surface area (Å²) in [6, 6.07) is 6.86. The highest BCUT2D eigenvalue weighted by Crippen LogP contribution is 2.29. The van der Waals surface area contributed by atoms with Crippen LogP contribution in [0.25, 0.3) is 0 Å². The average molecular weight is 281 g/mol. The van der Waals surface area contributed by atoms with Gasteiger partial charge in [0, 0.05) is 29.3 Å². The maximum absolute atomic E-state index is 5.83. The normalized spacial score (nSPS) is 15.4. The molecule has 0 spiro atoms. The van der Waals surface area contributed by atoms with Crippen molar-refractivity contribution in [1.82, 2.24) is 4.90 Å². The van der Waals surface area contributed by atoms with Crippen LogP contribution in [-0.2, 0) is 6.54 Å². The molecule has 3 heteroatoms. The fourth-order valence-electron chi connectivity index (χ4n) is 1.95. The third-order valence-corrected chi connectivity index (χ3v) is 3.25. The highest BCUT2D eigenvalue weighted by molar-refractivity contribution is 9.10. The first-order valence-electron chi connectivity index (χ1n) is 5.59. The lowest BCUT2D eigenvalue weighted by molar-refractivity contribution is 0.284. The maximum Gasteiger partial charge on any atom is 0.0328 e. The number of nitrogens with two attached hydrogens (primary N) is 1. The van der Waals surface area contributed by atoms with E-state index in [-0.39, 0.29) is 0 Å². The standard InChI is InChI=1S/C13H17BrN2/c1-2-5-16(13-3-4-13)9-10-6-11(14)8-12(15)7-10/h2,6-8,13H,1,3-5,9,15H2. The van der Waals surface area contributed by atoms with E-state index in [0.717, 1.165) is 29.3 Å². The maximum atomic E-state index is 5.83. The van der Waals surface area contributed by atoms with E-state index in [1.165, 1.54) is 18.4 Å². The van der Waals surface area contributed by atoms with E-state index in [1.54, 1.807) is 0 Å². The molecule has 2 N–H and O–H groups in total. The molecule has 1 aliphatic rings. The highest BCUT2D eigenvalue weighted by atomic mass is 79.9. The third kappa shape index (κ3) is 3.09. The Morgan fingerprint density at radius 3 is 2.75 bits per heavy atom. The summed E-state index contributed by atoms with van der Waals surface area (Å²) in [6.45, 7) is 5.73. The van der Waals surface area contributed by atoms with E-state index in [9.17, 15) is 0 Å². The van der Waals surface area contributed by atoms with Crippen LogP contribution in [0.1, 0.15) is 18.4 Å². The molecule has 0 bridgehead atoms. The number of nitrogens with zero attached hydrogens (tertiary/aromatic N) is 1. The molecule has 1 aliphatic carbocycles. The summed E-state index contributed by atoms with van der Waals surface area (Å²) >= 11 is 3.48. The number of hydrogen-bond donors (Lipinski definition) is 1. The van der Waals surface area contributed by atoms with Crippen LogP contribution in [0.4, 0.5) is 5.69 Å². The molecule has 0 aliphatic heterocycles. The van der Waals surface area contributed by atoms with Gasteiger partial charge in [-0.3, -0.25) is 4.90 Å². The molecule has 86 valence electrons. The number of anilines is 1. The summed E-state index contributed by atoms with van der Waals surface area (Å²) < 4.78 is 1.05. The van der Waals surface area contributed by atoms with Crippen molar-refractivity contribution in [2.45, 2.75) is 25.4 Å². The summed E-state index contributed by atoms with van der Waals surface area (Å²) in [7, 11) is 0. The minimum atomic E-state index is 0.748. The molecule has 0 amide bonds. The lowest BCUT2D eigenvalue weighted by atomic mass is 10.2. The van der Waals surface area contributed by atoms with E-state index in [0.29, 0.717) is 0 Å². The van der Waals surface area contributed by atoms with Crippen LogP contribution in [0.2, 0.25) is 0 Å². The van der Waals surface area contributed by atoms with Crippen molar-refractivity contribution in [3.05, 3.63) is 40.9 Å². The molecular formula is C13H17BrN2. The van der Waals surface area contributed by atoms with Crippen molar-refractivity contribution >= 4 is 21.6 Å². The zero-order valence-electron chi connectivity index (χ0n) is 9.32. The molecule has 1 aromatic rings. The van der Waals surface area contributed by atoms with Gasteiger partial charge < -0.3 is 5.73 Å². The number of nitrogen functional groups attached to an aromatic ring is 1. The van der Waals surface area contributed by atoms with Crippen molar-refractivity contribution in [1.29, 1.82) is 0 Å². The Morgan fingerprint density at radius 2 is 2.19 bits per heavy atom. The number of benzene rings is 1. The summed E-state index contributed by atoms with van der Waals surface area (Å²) in [5, 5.41) is 0. The largest absolute Gasteiger partial charge is 0.399 e. The van der Waals surface area contributed by atoms with Gasteiger partial charge in [-0.15, -0.1) is 6.58 Å². The fraction of sp³-hybridized carbons (Fsp3) is 0.385. The van der Waals surface area contributed by atoms with Crippen LogP contribution in [0.3, 0.4) is 0 Å². The predicted molar refractivity (Wildman–Crippen MR) is 72.2 cm³/mol. The van der Waals surface area contributed by atoms with Gasteiger partial charge in [0.1, 0.15) is 0 Å². The molecule has 16 heavy (non-hydrogen) atoms. The van der Waals surface area contributed by atoms with E-state index in [1.807, 2.05) is 18.2 Å². The van der Waals surface area contributed by atoms with Gasteiger partial charge in [0.15, 0.2) is 0 Å². The molecule has 2 nitrogen and oxygen atoms in total. The highest BCUT2D eigenvalue weighted by Gasteiger charge is 2.27.